The molecular formula is C25H34FN5O. The smallest absolute Gasteiger partial charge is 0.244 e. The van der Waals surface area contributed by atoms with E-state index in [2.05, 4.69) is 25.8 Å². The third-order valence-corrected chi connectivity index (χ3v) is 5.75. The predicted molar refractivity (Wildman–Crippen MR) is 127 cm³/mol. The van der Waals surface area contributed by atoms with Crippen molar-refractivity contribution in [2.24, 2.45) is 16.6 Å². The molecule has 32 heavy (non-hydrogen) atoms. The molecule has 0 saturated heterocycles. The molecule has 1 aromatic carbocycles. The molecule has 0 fully saturated rings. The van der Waals surface area contributed by atoms with E-state index in [9.17, 15) is 9.18 Å². The Morgan fingerprint density at radius 3 is 2.59 bits per heavy atom. The van der Waals surface area contributed by atoms with Crippen LogP contribution in [0.5, 0.6) is 0 Å². The molecule has 1 aliphatic heterocycles. The molecule has 0 bridgehead atoms. The van der Waals surface area contributed by atoms with Crippen molar-refractivity contribution in [1.29, 1.82) is 0 Å². The summed E-state index contributed by atoms with van der Waals surface area (Å²) in [7, 11) is 0. The molecule has 2 heterocycles. The van der Waals surface area contributed by atoms with Gasteiger partial charge in [-0.15, -0.1) is 0 Å². The predicted octanol–water partition coefficient (Wildman–Crippen LogP) is 4.47. The first kappa shape index (κ1) is 23.7. The number of rotatable bonds is 6. The molecule has 0 aliphatic carbocycles. The Kier molecular flexibility index (Phi) is 7.48. The van der Waals surface area contributed by atoms with Gasteiger partial charge in [-0.2, -0.15) is 5.10 Å². The number of nitrogens with zero attached hydrogens (tertiary/aromatic N) is 4. The van der Waals surface area contributed by atoms with Crippen molar-refractivity contribution < 1.29 is 9.18 Å². The number of carbonyl (C=O) groups excluding carboxylic acids is 1. The van der Waals surface area contributed by atoms with Crippen LogP contribution in [-0.2, 0) is 17.8 Å². The lowest BCUT2D eigenvalue weighted by Gasteiger charge is -2.21. The molecule has 2 N–H and O–H groups in total. The molecule has 0 radical (unpaired) electrons. The van der Waals surface area contributed by atoms with Crippen LogP contribution in [0.2, 0.25) is 0 Å². The van der Waals surface area contributed by atoms with Crippen molar-refractivity contribution in [2.75, 3.05) is 13.1 Å². The van der Waals surface area contributed by atoms with Crippen LogP contribution in [0.25, 0.3) is 11.3 Å². The third-order valence-electron chi connectivity index (χ3n) is 5.75. The molecule has 3 rings (SSSR count). The summed E-state index contributed by atoms with van der Waals surface area (Å²) in [6.45, 7) is 11.3. The second-order valence-electron chi connectivity index (χ2n) is 9.10. The highest BCUT2D eigenvalue weighted by atomic mass is 19.1. The number of nitrogens with two attached hydrogens (primary N) is 1. The largest absolute Gasteiger partial charge is 0.387 e. The van der Waals surface area contributed by atoms with Crippen molar-refractivity contribution in [3.63, 3.8) is 0 Å². The van der Waals surface area contributed by atoms with Crippen molar-refractivity contribution in [3.05, 3.63) is 52.6 Å². The van der Waals surface area contributed by atoms with Gasteiger partial charge in [0.2, 0.25) is 5.91 Å². The number of halogens is 1. The molecule has 0 unspecified atom stereocenters. The van der Waals surface area contributed by atoms with Crippen LogP contribution in [0.3, 0.4) is 0 Å². The van der Waals surface area contributed by atoms with Gasteiger partial charge in [0.05, 0.1) is 11.5 Å². The van der Waals surface area contributed by atoms with E-state index < -0.39 is 0 Å². The monoisotopic (exact) mass is 439 g/mol. The van der Waals surface area contributed by atoms with Crippen molar-refractivity contribution in [3.8, 4) is 11.3 Å². The van der Waals surface area contributed by atoms with E-state index >= 15 is 0 Å². The van der Waals surface area contributed by atoms with Gasteiger partial charge in [0, 0.05) is 36.5 Å². The number of aryl methyl sites for hydroxylation is 1. The summed E-state index contributed by atoms with van der Waals surface area (Å²) >= 11 is 0. The highest BCUT2D eigenvalue weighted by Crippen LogP contribution is 2.24. The lowest BCUT2D eigenvalue weighted by Crippen LogP contribution is -2.35. The number of hydrogen-bond acceptors (Lipinski definition) is 3. The number of amides is 1. The zero-order valence-electron chi connectivity index (χ0n) is 19.8. The summed E-state index contributed by atoms with van der Waals surface area (Å²) < 4.78 is 15.5. The maximum Gasteiger partial charge on any atom is 0.244 e. The van der Waals surface area contributed by atoms with E-state index in [0.717, 1.165) is 35.5 Å². The normalized spacial score (nSPS) is 15.5. The summed E-state index contributed by atoms with van der Waals surface area (Å²) in [5, 5.41) is 4.73. The summed E-state index contributed by atoms with van der Waals surface area (Å²) in [5.74, 6) is 0.776. The molecule has 7 heteroatoms. The third kappa shape index (κ3) is 5.84. The van der Waals surface area contributed by atoms with Gasteiger partial charge in [-0.05, 0) is 74.9 Å². The second-order valence-corrected chi connectivity index (χ2v) is 9.10. The van der Waals surface area contributed by atoms with Crippen LogP contribution in [0, 0.1) is 18.7 Å². The van der Waals surface area contributed by atoms with E-state index in [1.807, 2.05) is 15.6 Å². The second kappa shape index (κ2) is 10.1. The van der Waals surface area contributed by atoms with Gasteiger partial charge < -0.3 is 10.6 Å². The Labute approximate surface area is 190 Å². The number of aliphatic imine (C=N–C) groups is 1. The van der Waals surface area contributed by atoms with Gasteiger partial charge in [0.15, 0.2) is 0 Å². The number of benzene rings is 1. The van der Waals surface area contributed by atoms with Gasteiger partial charge in [-0.3, -0.25) is 9.48 Å². The highest BCUT2D eigenvalue weighted by Gasteiger charge is 2.21. The first-order valence-electron chi connectivity index (χ1n) is 11.2. The number of amidine groups is 1. The molecule has 0 atom stereocenters. The maximum absolute atomic E-state index is 13.7. The molecule has 6 nitrogen and oxygen atoms in total. The average molecular weight is 440 g/mol. The van der Waals surface area contributed by atoms with Crippen LogP contribution < -0.4 is 5.73 Å². The molecule has 172 valence electrons. The van der Waals surface area contributed by atoms with Gasteiger partial charge in [0.1, 0.15) is 12.4 Å². The fourth-order valence-electron chi connectivity index (χ4n) is 3.97. The van der Waals surface area contributed by atoms with E-state index in [0.29, 0.717) is 36.8 Å². The maximum atomic E-state index is 13.7. The zero-order chi connectivity index (χ0) is 23.4. The van der Waals surface area contributed by atoms with Crippen LogP contribution in [-0.4, -0.2) is 39.5 Å². The quantitative estimate of drug-likeness (QED) is 0.533. The fraction of sp³-hybridized carbons (Fsp3) is 0.480. The minimum Gasteiger partial charge on any atom is -0.387 e. The zero-order valence-corrected chi connectivity index (χ0v) is 19.8. The van der Waals surface area contributed by atoms with Gasteiger partial charge in [0.25, 0.3) is 0 Å². The number of aromatic nitrogens is 2. The summed E-state index contributed by atoms with van der Waals surface area (Å²) in [6.07, 6.45) is 2.30. The molecular weight excluding hydrogens is 405 g/mol. The Morgan fingerprint density at radius 2 is 1.94 bits per heavy atom. The molecule has 0 saturated carbocycles. The van der Waals surface area contributed by atoms with E-state index in [1.54, 1.807) is 26.0 Å². The fourth-order valence-corrected chi connectivity index (χ4v) is 3.97. The molecule has 1 aliphatic rings. The molecule has 1 aromatic heterocycles. The number of carbonyl (C=O) groups is 1. The van der Waals surface area contributed by atoms with E-state index in [4.69, 9.17) is 10.8 Å². The van der Waals surface area contributed by atoms with Gasteiger partial charge in [-0.1, -0.05) is 13.8 Å². The summed E-state index contributed by atoms with van der Waals surface area (Å²) in [5.41, 5.74) is 11.1. The molecule has 2 aromatic rings. The van der Waals surface area contributed by atoms with Crippen LogP contribution in [0.1, 0.15) is 51.8 Å². The molecule has 1 amide bonds. The summed E-state index contributed by atoms with van der Waals surface area (Å²) in [4.78, 5) is 19.5. The minimum absolute atomic E-state index is 0.0439. The van der Waals surface area contributed by atoms with Crippen LogP contribution in [0.4, 0.5) is 4.39 Å². The Hall–Kier alpha value is -2.96. The lowest BCUT2D eigenvalue weighted by atomic mass is 10.1. The first-order chi connectivity index (χ1) is 15.1. The Balaban J connectivity index is 1.80. The number of hydrogen-bond donors (Lipinski definition) is 1. The lowest BCUT2D eigenvalue weighted by molar-refractivity contribution is -0.132. The van der Waals surface area contributed by atoms with Crippen molar-refractivity contribution >= 4 is 11.7 Å². The van der Waals surface area contributed by atoms with Gasteiger partial charge >= 0.3 is 0 Å². The first-order valence-corrected chi connectivity index (χ1v) is 11.2. The Morgan fingerprint density at radius 1 is 1.22 bits per heavy atom. The van der Waals surface area contributed by atoms with Crippen molar-refractivity contribution in [2.45, 2.75) is 60.4 Å². The van der Waals surface area contributed by atoms with Crippen LogP contribution in [0.15, 0.2) is 40.5 Å². The van der Waals surface area contributed by atoms with E-state index in [1.165, 1.54) is 11.6 Å². The molecule has 0 spiro atoms. The van der Waals surface area contributed by atoms with Gasteiger partial charge in [-0.25, -0.2) is 9.38 Å². The average Bonchev–Trinajstić information content (AvgIpc) is 3.00. The SMILES string of the molecule is CC(N)=NC1=C(C)CCN(C(=O)Cn2nc(-c3ccc(F)c(C)c3)cc2CC(C)C)CC1. The summed E-state index contributed by atoms with van der Waals surface area (Å²) in [6, 6.07) is 7.02. The minimum atomic E-state index is -0.232. The van der Waals surface area contributed by atoms with Crippen LogP contribution >= 0.6 is 0 Å². The Bertz CT molecular complexity index is 1050. The highest BCUT2D eigenvalue weighted by molar-refractivity contribution is 5.79. The van der Waals surface area contributed by atoms with Crippen molar-refractivity contribution in [1.82, 2.24) is 14.7 Å². The standard InChI is InChI=1S/C25H34FN5O/c1-16(2)12-21-14-24(20-6-7-22(26)18(4)13-20)29-31(21)15-25(32)30-10-8-17(3)23(9-11-30)28-19(5)27/h6-7,13-14,16H,8-12,15H2,1-5H3,(H2,27,28). The van der Waals surface area contributed by atoms with E-state index in [-0.39, 0.29) is 18.3 Å². The topological polar surface area (TPSA) is 76.5 Å².